The summed E-state index contributed by atoms with van der Waals surface area (Å²) < 4.78 is 5.45. The predicted octanol–water partition coefficient (Wildman–Crippen LogP) is 1.67. The van der Waals surface area contributed by atoms with E-state index in [0.29, 0.717) is 6.54 Å². The highest BCUT2D eigenvalue weighted by atomic mass is 16.5. The third-order valence-electron chi connectivity index (χ3n) is 4.10. The van der Waals surface area contributed by atoms with Crippen LogP contribution in [0.3, 0.4) is 0 Å². The average Bonchev–Trinajstić information content (AvgIpc) is 2.47. The summed E-state index contributed by atoms with van der Waals surface area (Å²) in [5.74, 6) is 0. The standard InChI is InChI=1S/C15H24N2O/c1-2-15(13-16,17-8-10-18-11-9-17)12-14-6-4-3-5-7-14/h3-7H,2,8-13,16H2,1H3. The second kappa shape index (κ2) is 6.32. The molecule has 1 aromatic rings. The molecule has 1 aliphatic rings. The summed E-state index contributed by atoms with van der Waals surface area (Å²) in [6.45, 7) is 6.60. The second-order valence-electron chi connectivity index (χ2n) is 5.04. The highest BCUT2D eigenvalue weighted by Crippen LogP contribution is 2.25. The highest BCUT2D eigenvalue weighted by molar-refractivity contribution is 5.18. The quantitative estimate of drug-likeness (QED) is 0.861. The van der Waals surface area contributed by atoms with Gasteiger partial charge < -0.3 is 10.5 Å². The van der Waals surface area contributed by atoms with E-state index in [4.69, 9.17) is 10.5 Å². The van der Waals surface area contributed by atoms with Crippen LogP contribution in [0.25, 0.3) is 0 Å². The van der Waals surface area contributed by atoms with E-state index in [2.05, 4.69) is 42.2 Å². The molecule has 0 radical (unpaired) electrons. The van der Waals surface area contributed by atoms with E-state index in [1.54, 1.807) is 0 Å². The fourth-order valence-electron chi connectivity index (χ4n) is 2.82. The SMILES string of the molecule is CCC(CN)(Cc1ccccc1)N1CCOCC1. The van der Waals surface area contributed by atoms with Crippen molar-refractivity contribution in [1.82, 2.24) is 4.90 Å². The first-order chi connectivity index (χ1) is 8.80. The molecule has 1 aliphatic heterocycles. The maximum Gasteiger partial charge on any atom is 0.0594 e. The summed E-state index contributed by atoms with van der Waals surface area (Å²) in [6.07, 6.45) is 2.11. The van der Waals surface area contributed by atoms with Gasteiger partial charge in [-0.1, -0.05) is 37.3 Å². The minimum absolute atomic E-state index is 0.0884. The molecule has 0 aromatic heterocycles. The first-order valence-corrected chi connectivity index (χ1v) is 6.87. The summed E-state index contributed by atoms with van der Waals surface area (Å²) in [4.78, 5) is 2.52. The van der Waals surface area contributed by atoms with Crippen molar-refractivity contribution in [2.75, 3.05) is 32.8 Å². The number of hydrogen-bond acceptors (Lipinski definition) is 3. The van der Waals surface area contributed by atoms with Gasteiger partial charge in [0.2, 0.25) is 0 Å². The number of rotatable bonds is 5. The fourth-order valence-corrected chi connectivity index (χ4v) is 2.82. The number of benzene rings is 1. The van der Waals surface area contributed by atoms with Crippen LogP contribution >= 0.6 is 0 Å². The summed E-state index contributed by atoms with van der Waals surface area (Å²) in [5, 5.41) is 0. The van der Waals surface area contributed by atoms with Gasteiger partial charge in [0, 0.05) is 25.2 Å². The smallest absolute Gasteiger partial charge is 0.0594 e. The van der Waals surface area contributed by atoms with Crippen LogP contribution in [0.15, 0.2) is 30.3 Å². The lowest BCUT2D eigenvalue weighted by Gasteiger charge is -2.45. The lowest BCUT2D eigenvalue weighted by molar-refractivity contribution is -0.0213. The average molecular weight is 248 g/mol. The van der Waals surface area contributed by atoms with Crippen molar-refractivity contribution in [2.45, 2.75) is 25.3 Å². The summed E-state index contributed by atoms with van der Waals surface area (Å²) >= 11 is 0. The summed E-state index contributed by atoms with van der Waals surface area (Å²) in [5.41, 5.74) is 7.57. The third-order valence-corrected chi connectivity index (χ3v) is 4.10. The molecule has 0 saturated carbocycles. The molecular weight excluding hydrogens is 224 g/mol. The molecule has 3 nitrogen and oxygen atoms in total. The third kappa shape index (κ3) is 2.91. The molecule has 2 rings (SSSR count). The van der Waals surface area contributed by atoms with E-state index in [-0.39, 0.29) is 5.54 Å². The van der Waals surface area contributed by atoms with Gasteiger partial charge in [-0.15, -0.1) is 0 Å². The molecule has 1 fully saturated rings. The number of morpholine rings is 1. The van der Waals surface area contributed by atoms with Gasteiger partial charge in [0.1, 0.15) is 0 Å². The van der Waals surface area contributed by atoms with Gasteiger partial charge in [-0.2, -0.15) is 0 Å². The Labute approximate surface area is 110 Å². The maximum atomic E-state index is 6.11. The van der Waals surface area contributed by atoms with E-state index >= 15 is 0 Å². The van der Waals surface area contributed by atoms with E-state index in [1.165, 1.54) is 5.56 Å². The van der Waals surface area contributed by atoms with Crippen molar-refractivity contribution < 1.29 is 4.74 Å². The lowest BCUT2D eigenvalue weighted by atomic mass is 9.86. The van der Waals surface area contributed by atoms with E-state index in [9.17, 15) is 0 Å². The Balaban J connectivity index is 2.14. The molecule has 1 heterocycles. The number of nitrogens with zero attached hydrogens (tertiary/aromatic N) is 1. The molecule has 0 bridgehead atoms. The van der Waals surface area contributed by atoms with Crippen LogP contribution in [0, 0.1) is 0 Å². The largest absolute Gasteiger partial charge is 0.379 e. The number of ether oxygens (including phenoxy) is 1. The van der Waals surface area contributed by atoms with Crippen LogP contribution in [0.2, 0.25) is 0 Å². The van der Waals surface area contributed by atoms with Crippen LogP contribution in [0.1, 0.15) is 18.9 Å². The van der Waals surface area contributed by atoms with Gasteiger partial charge in [0.15, 0.2) is 0 Å². The van der Waals surface area contributed by atoms with Gasteiger partial charge in [0.25, 0.3) is 0 Å². The van der Waals surface area contributed by atoms with Crippen LogP contribution in [-0.4, -0.2) is 43.3 Å². The molecule has 1 saturated heterocycles. The molecule has 18 heavy (non-hydrogen) atoms. The molecule has 100 valence electrons. The van der Waals surface area contributed by atoms with Crippen LogP contribution in [0.5, 0.6) is 0 Å². The van der Waals surface area contributed by atoms with Gasteiger partial charge in [-0.25, -0.2) is 0 Å². The first kappa shape index (κ1) is 13.5. The Bertz CT molecular complexity index is 343. The molecule has 0 spiro atoms. The first-order valence-electron chi connectivity index (χ1n) is 6.87. The Hall–Kier alpha value is -0.900. The Morgan fingerprint density at radius 3 is 2.44 bits per heavy atom. The van der Waals surface area contributed by atoms with Gasteiger partial charge >= 0.3 is 0 Å². The maximum absolute atomic E-state index is 6.11. The minimum Gasteiger partial charge on any atom is -0.379 e. The molecule has 1 unspecified atom stereocenters. The zero-order chi connectivity index (χ0) is 12.8. The minimum atomic E-state index is 0.0884. The van der Waals surface area contributed by atoms with Crippen molar-refractivity contribution in [3.05, 3.63) is 35.9 Å². The van der Waals surface area contributed by atoms with Crippen molar-refractivity contribution in [2.24, 2.45) is 5.73 Å². The van der Waals surface area contributed by atoms with Crippen molar-refractivity contribution in [1.29, 1.82) is 0 Å². The van der Waals surface area contributed by atoms with Crippen LogP contribution in [0.4, 0.5) is 0 Å². The molecule has 1 atom stereocenters. The summed E-state index contributed by atoms with van der Waals surface area (Å²) in [6, 6.07) is 10.7. The van der Waals surface area contributed by atoms with Crippen molar-refractivity contribution in [3.63, 3.8) is 0 Å². The zero-order valence-corrected chi connectivity index (χ0v) is 11.3. The van der Waals surface area contributed by atoms with Crippen LogP contribution in [-0.2, 0) is 11.2 Å². The van der Waals surface area contributed by atoms with Gasteiger partial charge in [0.05, 0.1) is 13.2 Å². The monoisotopic (exact) mass is 248 g/mol. The Kier molecular flexibility index (Phi) is 4.75. The normalized spacial score (nSPS) is 20.6. The molecule has 3 heteroatoms. The van der Waals surface area contributed by atoms with Crippen LogP contribution < -0.4 is 5.73 Å². The topological polar surface area (TPSA) is 38.5 Å². The van der Waals surface area contributed by atoms with Crippen molar-refractivity contribution >= 4 is 0 Å². The van der Waals surface area contributed by atoms with E-state index < -0.39 is 0 Å². The lowest BCUT2D eigenvalue weighted by Crippen LogP contribution is -2.58. The number of nitrogens with two attached hydrogens (primary N) is 1. The second-order valence-corrected chi connectivity index (χ2v) is 5.04. The Morgan fingerprint density at radius 1 is 1.22 bits per heavy atom. The van der Waals surface area contributed by atoms with E-state index in [0.717, 1.165) is 39.1 Å². The molecule has 1 aromatic carbocycles. The van der Waals surface area contributed by atoms with Gasteiger partial charge in [-0.05, 0) is 18.4 Å². The number of hydrogen-bond donors (Lipinski definition) is 1. The molecule has 2 N–H and O–H groups in total. The van der Waals surface area contributed by atoms with Crippen molar-refractivity contribution in [3.8, 4) is 0 Å². The molecule has 0 amide bonds. The molecular formula is C15H24N2O. The summed E-state index contributed by atoms with van der Waals surface area (Å²) in [7, 11) is 0. The highest BCUT2D eigenvalue weighted by Gasteiger charge is 2.34. The molecule has 0 aliphatic carbocycles. The fraction of sp³-hybridized carbons (Fsp3) is 0.600. The Morgan fingerprint density at radius 2 is 1.89 bits per heavy atom. The zero-order valence-electron chi connectivity index (χ0n) is 11.3. The van der Waals surface area contributed by atoms with E-state index in [1.807, 2.05) is 0 Å². The predicted molar refractivity (Wildman–Crippen MR) is 74.6 cm³/mol. The van der Waals surface area contributed by atoms with Gasteiger partial charge in [-0.3, -0.25) is 4.90 Å².